The lowest BCUT2D eigenvalue weighted by Crippen LogP contribution is -2.49. The van der Waals surface area contributed by atoms with Crippen LogP contribution in [0, 0.1) is 0 Å². The van der Waals surface area contributed by atoms with Crippen molar-refractivity contribution < 1.29 is 0 Å². The Morgan fingerprint density at radius 3 is 2.38 bits per heavy atom. The number of thiophene rings is 1. The summed E-state index contributed by atoms with van der Waals surface area (Å²) in [5.41, 5.74) is 2.92. The third kappa shape index (κ3) is 1.73. The molecule has 0 fully saturated rings. The van der Waals surface area contributed by atoms with Gasteiger partial charge in [0.25, 0.3) is 0 Å². The van der Waals surface area contributed by atoms with Gasteiger partial charge in [0.15, 0.2) is 0 Å². The highest BCUT2D eigenvalue weighted by molar-refractivity contribution is 7.25. The summed E-state index contributed by atoms with van der Waals surface area (Å²) in [6, 6.07) is 27.4. The molecule has 1 aromatic heterocycles. The van der Waals surface area contributed by atoms with Crippen LogP contribution in [0.15, 0.2) is 72.8 Å². The molecule has 0 saturated carbocycles. The molecule has 0 saturated heterocycles. The number of rotatable bonds is 0. The van der Waals surface area contributed by atoms with E-state index < -0.39 is 8.07 Å². The zero-order chi connectivity index (χ0) is 17.5. The number of hydrogen-bond donors (Lipinski definition) is 0. The largest absolute Gasteiger partial charge is 0.173 e. The molecule has 26 heavy (non-hydrogen) atoms. The van der Waals surface area contributed by atoms with E-state index >= 15 is 0 Å². The standard InChI is InChI=1S/C24H18SSi/c1-26(2)23-10-6-4-8-17(23)18-12-11-15-13-22-20(14-19(15)24(18)26)16-7-3-5-9-21(16)25-22/h3-14H,1-2H3/q-1. The number of benzene rings is 4. The first-order valence-corrected chi connectivity index (χ1v) is 12.9. The van der Waals surface area contributed by atoms with Gasteiger partial charge in [-0.25, -0.2) is 0 Å². The molecular weight excluding hydrogens is 348 g/mol. The van der Waals surface area contributed by atoms with Crippen LogP contribution in [0.5, 0.6) is 0 Å². The minimum absolute atomic E-state index is 1.38. The molecule has 0 N–H and O–H groups in total. The van der Waals surface area contributed by atoms with Crippen LogP contribution in [0.1, 0.15) is 0 Å². The summed E-state index contributed by atoms with van der Waals surface area (Å²) in [4.78, 5) is 0. The normalized spacial score (nSPS) is 14.8. The number of fused-ring (bicyclic) bond motifs is 8. The molecule has 0 nitrogen and oxygen atoms in total. The molecule has 0 atom stereocenters. The van der Waals surface area contributed by atoms with Crippen LogP contribution in [0.25, 0.3) is 42.1 Å². The molecule has 125 valence electrons. The Morgan fingerprint density at radius 1 is 0.654 bits per heavy atom. The second-order valence-corrected chi connectivity index (χ2v) is 13.2. The lowest BCUT2D eigenvalue weighted by Gasteiger charge is -2.33. The van der Waals surface area contributed by atoms with Gasteiger partial charge < -0.3 is 0 Å². The highest BCUT2D eigenvalue weighted by Gasteiger charge is 2.28. The highest BCUT2D eigenvalue weighted by atomic mass is 32.1. The Bertz CT molecular complexity index is 1360. The van der Waals surface area contributed by atoms with E-state index in [0.717, 1.165) is 0 Å². The first kappa shape index (κ1) is 14.7. The summed E-state index contributed by atoms with van der Waals surface area (Å²) in [5, 5.41) is 8.85. The lowest BCUT2D eigenvalue weighted by molar-refractivity contribution is 1.73. The second-order valence-electron chi connectivity index (χ2n) is 7.83. The van der Waals surface area contributed by atoms with Crippen molar-refractivity contribution in [3.8, 4) is 11.1 Å². The predicted octanol–water partition coefficient (Wildman–Crippen LogP) is 6.01. The van der Waals surface area contributed by atoms with Crippen molar-refractivity contribution in [2.75, 3.05) is 0 Å². The maximum Gasteiger partial charge on any atom is 0.0361 e. The Balaban J connectivity index is 1.80. The molecule has 2 heteroatoms. The maximum absolute atomic E-state index is 2.51. The molecule has 0 bridgehead atoms. The van der Waals surface area contributed by atoms with Crippen LogP contribution in [0.3, 0.4) is 0 Å². The Morgan fingerprint density at radius 2 is 1.46 bits per heavy atom. The van der Waals surface area contributed by atoms with Gasteiger partial charge in [-0.1, -0.05) is 73.8 Å². The van der Waals surface area contributed by atoms with Crippen molar-refractivity contribution in [3.63, 3.8) is 0 Å². The summed E-state index contributed by atoms with van der Waals surface area (Å²) in [5.74, 6) is 0. The van der Waals surface area contributed by atoms with Crippen molar-refractivity contribution in [2.24, 2.45) is 0 Å². The van der Waals surface area contributed by atoms with E-state index in [1.807, 2.05) is 11.3 Å². The topological polar surface area (TPSA) is 0 Å². The monoisotopic (exact) mass is 366 g/mol. The molecule has 6 rings (SSSR count). The highest BCUT2D eigenvalue weighted by Crippen LogP contribution is 2.38. The summed E-state index contributed by atoms with van der Waals surface area (Å²) in [6.45, 7) is 5.01. The Kier molecular flexibility index (Phi) is 2.74. The van der Waals surface area contributed by atoms with E-state index in [1.165, 1.54) is 42.1 Å². The molecule has 1 aliphatic rings. The van der Waals surface area contributed by atoms with E-state index in [1.54, 1.807) is 10.4 Å². The Labute approximate surface area is 157 Å². The zero-order valence-corrected chi connectivity index (χ0v) is 16.7. The summed E-state index contributed by atoms with van der Waals surface area (Å²) >= 11 is 1.91. The van der Waals surface area contributed by atoms with Crippen LogP contribution in [0.2, 0.25) is 13.1 Å². The molecular formula is C24H18SSi-. The van der Waals surface area contributed by atoms with E-state index in [2.05, 4.69) is 85.9 Å². The van der Waals surface area contributed by atoms with Gasteiger partial charge in [0, 0.05) is 20.2 Å². The van der Waals surface area contributed by atoms with Crippen LogP contribution < -0.4 is 10.4 Å². The predicted molar refractivity (Wildman–Crippen MR) is 119 cm³/mol. The molecule has 0 amide bonds. The minimum Gasteiger partial charge on any atom is -0.173 e. The van der Waals surface area contributed by atoms with Crippen molar-refractivity contribution in [2.45, 2.75) is 13.1 Å². The molecule has 5 aromatic rings. The fourth-order valence-electron chi connectivity index (χ4n) is 4.84. The molecule has 2 heterocycles. The van der Waals surface area contributed by atoms with Crippen LogP contribution in [-0.2, 0) is 0 Å². The first-order chi connectivity index (χ1) is 12.6. The van der Waals surface area contributed by atoms with Gasteiger partial charge in [0.1, 0.15) is 0 Å². The van der Waals surface area contributed by atoms with Gasteiger partial charge in [-0.05, 0) is 29.0 Å². The average Bonchev–Trinajstić information content (AvgIpc) is 3.13. The first-order valence-electron chi connectivity index (χ1n) is 9.13. The molecule has 0 radical (unpaired) electrons. The lowest BCUT2D eigenvalue weighted by atomic mass is 10.00. The summed E-state index contributed by atoms with van der Waals surface area (Å²) in [6.07, 6.45) is 0. The van der Waals surface area contributed by atoms with Gasteiger partial charge in [-0.15, -0.1) is 11.3 Å². The van der Waals surface area contributed by atoms with Gasteiger partial charge in [-0.2, -0.15) is 23.5 Å². The quantitative estimate of drug-likeness (QED) is 0.294. The third-order valence-electron chi connectivity index (χ3n) is 6.03. The van der Waals surface area contributed by atoms with Crippen LogP contribution in [-0.4, -0.2) is 8.07 Å². The van der Waals surface area contributed by atoms with Crippen molar-refractivity contribution >= 4 is 60.7 Å². The molecule has 0 spiro atoms. The molecule has 0 unspecified atom stereocenters. The van der Waals surface area contributed by atoms with Gasteiger partial charge in [0.2, 0.25) is 0 Å². The van der Waals surface area contributed by atoms with Gasteiger partial charge in [-0.3, -0.25) is 0 Å². The fraction of sp³-hybridized carbons (Fsp3) is 0.0833. The minimum atomic E-state index is -1.68. The SMILES string of the molecule is C[Si-]1(C)c2ccccc2-c2ccc3cc4sc5ccccc5c4cc3c21. The van der Waals surface area contributed by atoms with Gasteiger partial charge in [0.05, 0.1) is 0 Å². The molecule has 1 aliphatic heterocycles. The van der Waals surface area contributed by atoms with E-state index in [9.17, 15) is 0 Å². The number of hydrogen-bond acceptors (Lipinski definition) is 1. The molecule has 4 aromatic carbocycles. The van der Waals surface area contributed by atoms with Gasteiger partial charge >= 0.3 is 0 Å². The summed E-state index contributed by atoms with van der Waals surface area (Å²) < 4.78 is 2.78. The van der Waals surface area contributed by atoms with Crippen LogP contribution >= 0.6 is 11.3 Å². The van der Waals surface area contributed by atoms with Crippen molar-refractivity contribution in [1.82, 2.24) is 0 Å². The second kappa shape index (κ2) is 4.85. The van der Waals surface area contributed by atoms with E-state index in [0.29, 0.717) is 0 Å². The average molecular weight is 367 g/mol. The van der Waals surface area contributed by atoms with Crippen molar-refractivity contribution in [1.29, 1.82) is 0 Å². The third-order valence-corrected chi connectivity index (χ3v) is 10.7. The van der Waals surface area contributed by atoms with Crippen molar-refractivity contribution in [3.05, 3.63) is 72.8 Å². The van der Waals surface area contributed by atoms with E-state index in [-0.39, 0.29) is 0 Å². The maximum atomic E-state index is 2.51. The zero-order valence-electron chi connectivity index (χ0n) is 14.8. The fourth-order valence-corrected chi connectivity index (χ4v) is 9.43. The smallest absolute Gasteiger partial charge is 0.0361 e. The molecule has 0 aliphatic carbocycles. The van der Waals surface area contributed by atoms with E-state index in [4.69, 9.17) is 0 Å². The summed E-state index contributed by atoms with van der Waals surface area (Å²) in [7, 11) is -1.68. The Hall–Kier alpha value is -2.42. The van der Waals surface area contributed by atoms with Crippen LogP contribution in [0.4, 0.5) is 0 Å².